The smallest absolute Gasteiger partial charge is 0.132 e. The predicted octanol–water partition coefficient (Wildman–Crippen LogP) is 4.94. The maximum atomic E-state index is 6.27. The van der Waals surface area contributed by atoms with Gasteiger partial charge in [-0.2, -0.15) is 0 Å². The van der Waals surface area contributed by atoms with E-state index in [9.17, 15) is 0 Å². The Bertz CT molecular complexity index is 720. The fourth-order valence-electron chi connectivity index (χ4n) is 1.98. The molecule has 0 spiro atoms. The van der Waals surface area contributed by atoms with Gasteiger partial charge in [-0.15, -0.1) is 0 Å². The molecule has 3 aromatic rings. The first-order valence-electron chi connectivity index (χ1n) is 6.11. The summed E-state index contributed by atoms with van der Waals surface area (Å²) in [4.78, 5) is 4.56. The number of aromatic nitrogens is 1. The minimum Gasteiger partial charge on any atom is -0.340 e. The lowest BCUT2D eigenvalue weighted by atomic mass is 10.2. The van der Waals surface area contributed by atoms with Gasteiger partial charge in [-0.1, -0.05) is 47.5 Å². The molecular weight excluding hydrogens is 256 g/mol. The molecule has 0 amide bonds. The summed E-state index contributed by atoms with van der Waals surface area (Å²) in [5.74, 6) is 0.757. The summed E-state index contributed by atoms with van der Waals surface area (Å²) in [6, 6.07) is 17.9. The molecule has 0 saturated carbocycles. The van der Waals surface area contributed by atoms with Crippen LogP contribution in [0, 0.1) is 6.92 Å². The molecule has 1 N–H and O–H groups in total. The first-order chi connectivity index (χ1) is 9.22. The molecule has 3 heteroatoms. The van der Waals surface area contributed by atoms with E-state index < -0.39 is 0 Å². The zero-order valence-electron chi connectivity index (χ0n) is 10.5. The van der Waals surface area contributed by atoms with Gasteiger partial charge in [0.25, 0.3) is 0 Å². The second kappa shape index (κ2) is 4.90. The van der Waals surface area contributed by atoms with Crippen molar-refractivity contribution in [1.29, 1.82) is 0 Å². The maximum Gasteiger partial charge on any atom is 0.132 e. The van der Waals surface area contributed by atoms with Crippen LogP contribution in [-0.2, 0) is 0 Å². The van der Waals surface area contributed by atoms with Crippen molar-refractivity contribution in [2.24, 2.45) is 0 Å². The molecule has 0 bridgehead atoms. The number of fused-ring (bicyclic) bond motifs is 1. The highest BCUT2D eigenvalue weighted by Crippen LogP contribution is 2.26. The van der Waals surface area contributed by atoms with Gasteiger partial charge in [0.15, 0.2) is 0 Å². The molecule has 0 unspecified atom stereocenters. The number of para-hydroxylation sites is 1. The van der Waals surface area contributed by atoms with Crippen molar-refractivity contribution in [2.75, 3.05) is 5.32 Å². The number of benzene rings is 2. The second-order valence-corrected chi connectivity index (χ2v) is 4.90. The Morgan fingerprint density at radius 1 is 1.00 bits per heavy atom. The number of pyridine rings is 1. The van der Waals surface area contributed by atoms with Crippen LogP contribution < -0.4 is 5.32 Å². The number of hydrogen-bond acceptors (Lipinski definition) is 2. The van der Waals surface area contributed by atoms with Crippen molar-refractivity contribution in [2.45, 2.75) is 6.92 Å². The minimum atomic E-state index is 0.709. The molecule has 0 saturated heterocycles. The molecule has 2 aromatic carbocycles. The summed E-state index contributed by atoms with van der Waals surface area (Å²) in [6.07, 6.45) is 0. The van der Waals surface area contributed by atoms with Gasteiger partial charge in [0, 0.05) is 17.1 Å². The van der Waals surface area contributed by atoms with Crippen LogP contribution in [0.2, 0.25) is 5.02 Å². The molecule has 0 atom stereocenters. The molecule has 0 aliphatic heterocycles. The number of halogens is 1. The quantitative estimate of drug-likeness (QED) is 0.712. The first-order valence-corrected chi connectivity index (χ1v) is 6.49. The Hall–Kier alpha value is -2.06. The number of aryl methyl sites for hydroxylation is 1. The van der Waals surface area contributed by atoms with Crippen molar-refractivity contribution in [1.82, 2.24) is 4.98 Å². The number of anilines is 2. The average Bonchev–Trinajstić information content (AvgIpc) is 2.42. The van der Waals surface area contributed by atoms with Crippen LogP contribution in [-0.4, -0.2) is 4.98 Å². The molecule has 1 aromatic heterocycles. The SMILES string of the molecule is Cc1ccc(Nc2cc(Cl)c3ccccc3n2)cc1. The monoisotopic (exact) mass is 268 g/mol. The lowest BCUT2D eigenvalue weighted by molar-refractivity contribution is 1.36. The number of nitrogens with zero attached hydrogens (tertiary/aromatic N) is 1. The van der Waals surface area contributed by atoms with Crippen molar-refractivity contribution < 1.29 is 0 Å². The first kappa shape index (κ1) is 12.0. The molecule has 0 fully saturated rings. The van der Waals surface area contributed by atoms with Crippen molar-refractivity contribution >= 4 is 34.0 Å². The van der Waals surface area contributed by atoms with Crippen LogP contribution in [0.5, 0.6) is 0 Å². The molecule has 0 aliphatic rings. The van der Waals surface area contributed by atoms with E-state index in [2.05, 4.69) is 29.4 Å². The number of hydrogen-bond donors (Lipinski definition) is 1. The summed E-state index contributed by atoms with van der Waals surface area (Å²) < 4.78 is 0. The summed E-state index contributed by atoms with van der Waals surface area (Å²) in [5.41, 5.74) is 3.13. The fourth-order valence-corrected chi connectivity index (χ4v) is 2.24. The molecule has 94 valence electrons. The normalized spacial score (nSPS) is 10.6. The molecule has 1 heterocycles. The number of nitrogens with one attached hydrogen (secondary N) is 1. The number of rotatable bonds is 2. The van der Waals surface area contributed by atoms with E-state index in [1.165, 1.54) is 5.56 Å². The van der Waals surface area contributed by atoms with Gasteiger partial charge in [0.2, 0.25) is 0 Å². The van der Waals surface area contributed by atoms with Gasteiger partial charge in [0.1, 0.15) is 5.82 Å². The minimum absolute atomic E-state index is 0.709. The van der Waals surface area contributed by atoms with E-state index in [1.807, 2.05) is 42.5 Å². The highest BCUT2D eigenvalue weighted by Gasteiger charge is 2.03. The summed E-state index contributed by atoms with van der Waals surface area (Å²) >= 11 is 6.27. The molecular formula is C16H13ClN2. The van der Waals surface area contributed by atoms with Crippen LogP contribution in [0.1, 0.15) is 5.56 Å². The lowest BCUT2D eigenvalue weighted by Gasteiger charge is -2.08. The Labute approximate surface area is 117 Å². The standard InChI is InChI=1S/C16H13ClN2/c1-11-6-8-12(9-7-11)18-16-10-14(17)13-4-2-3-5-15(13)19-16/h2-10H,1H3,(H,18,19). The van der Waals surface area contributed by atoms with E-state index in [0.29, 0.717) is 5.02 Å². The van der Waals surface area contributed by atoms with Crippen LogP contribution in [0.4, 0.5) is 11.5 Å². The van der Waals surface area contributed by atoms with Crippen LogP contribution in [0.3, 0.4) is 0 Å². The van der Waals surface area contributed by atoms with Gasteiger partial charge in [-0.25, -0.2) is 4.98 Å². The zero-order chi connectivity index (χ0) is 13.2. The average molecular weight is 269 g/mol. The topological polar surface area (TPSA) is 24.9 Å². The molecule has 0 aliphatic carbocycles. The Morgan fingerprint density at radius 2 is 1.74 bits per heavy atom. The highest BCUT2D eigenvalue weighted by atomic mass is 35.5. The van der Waals surface area contributed by atoms with E-state index >= 15 is 0 Å². The molecule has 0 radical (unpaired) electrons. The van der Waals surface area contributed by atoms with E-state index in [-0.39, 0.29) is 0 Å². The lowest BCUT2D eigenvalue weighted by Crippen LogP contribution is -1.94. The van der Waals surface area contributed by atoms with Crippen molar-refractivity contribution in [3.05, 3.63) is 65.2 Å². The summed E-state index contributed by atoms with van der Waals surface area (Å²) in [7, 11) is 0. The third-order valence-corrected chi connectivity index (χ3v) is 3.30. The van der Waals surface area contributed by atoms with Crippen molar-refractivity contribution in [3.8, 4) is 0 Å². The summed E-state index contributed by atoms with van der Waals surface area (Å²) in [6.45, 7) is 2.06. The third-order valence-electron chi connectivity index (χ3n) is 2.99. The van der Waals surface area contributed by atoms with Gasteiger partial charge in [-0.3, -0.25) is 0 Å². The second-order valence-electron chi connectivity index (χ2n) is 4.50. The van der Waals surface area contributed by atoms with Crippen LogP contribution >= 0.6 is 11.6 Å². The molecule has 19 heavy (non-hydrogen) atoms. The Kier molecular flexibility index (Phi) is 3.10. The van der Waals surface area contributed by atoms with Crippen LogP contribution in [0.15, 0.2) is 54.6 Å². The van der Waals surface area contributed by atoms with Crippen LogP contribution in [0.25, 0.3) is 10.9 Å². The van der Waals surface area contributed by atoms with E-state index in [4.69, 9.17) is 11.6 Å². The molecule has 2 nitrogen and oxygen atoms in total. The fraction of sp³-hybridized carbons (Fsp3) is 0.0625. The maximum absolute atomic E-state index is 6.27. The summed E-state index contributed by atoms with van der Waals surface area (Å²) in [5, 5.41) is 4.95. The predicted molar refractivity (Wildman–Crippen MR) is 81.2 cm³/mol. The van der Waals surface area contributed by atoms with Crippen molar-refractivity contribution in [3.63, 3.8) is 0 Å². The Morgan fingerprint density at radius 3 is 2.53 bits per heavy atom. The largest absolute Gasteiger partial charge is 0.340 e. The van der Waals surface area contributed by atoms with Gasteiger partial charge < -0.3 is 5.32 Å². The highest BCUT2D eigenvalue weighted by molar-refractivity contribution is 6.35. The third kappa shape index (κ3) is 2.54. The van der Waals surface area contributed by atoms with Gasteiger partial charge >= 0.3 is 0 Å². The van der Waals surface area contributed by atoms with Gasteiger partial charge in [-0.05, 0) is 25.1 Å². The molecule has 3 rings (SSSR count). The zero-order valence-corrected chi connectivity index (χ0v) is 11.3. The van der Waals surface area contributed by atoms with E-state index in [1.54, 1.807) is 0 Å². The van der Waals surface area contributed by atoms with Gasteiger partial charge in [0.05, 0.1) is 10.5 Å². The Balaban J connectivity index is 1.99. The van der Waals surface area contributed by atoms with E-state index in [0.717, 1.165) is 22.4 Å².